The predicted octanol–water partition coefficient (Wildman–Crippen LogP) is 3.41. The van der Waals surface area contributed by atoms with Crippen LogP contribution in [0.4, 0.5) is 15.8 Å². The molecule has 0 radical (unpaired) electrons. The highest BCUT2D eigenvalue weighted by atomic mass is 19.1. The van der Waals surface area contributed by atoms with Crippen LogP contribution in [-0.2, 0) is 6.54 Å². The van der Waals surface area contributed by atoms with Crippen LogP contribution in [0.2, 0.25) is 0 Å². The molecule has 24 heavy (non-hydrogen) atoms. The normalized spacial score (nSPS) is 14.0. The van der Waals surface area contributed by atoms with Gasteiger partial charge in [-0.1, -0.05) is 6.07 Å². The Hall–Kier alpha value is -2.27. The van der Waals surface area contributed by atoms with E-state index in [4.69, 9.17) is 9.84 Å². The zero-order valence-electron chi connectivity index (χ0n) is 13.7. The van der Waals surface area contributed by atoms with Crippen molar-refractivity contribution in [2.45, 2.75) is 19.4 Å². The van der Waals surface area contributed by atoms with Gasteiger partial charge in [-0.2, -0.15) is 0 Å². The fraction of sp³-hybridized carbons (Fsp3) is 0.368. The van der Waals surface area contributed by atoms with Crippen molar-refractivity contribution in [2.75, 3.05) is 36.5 Å². The highest BCUT2D eigenvalue weighted by Gasteiger charge is 2.17. The topological polar surface area (TPSA) is 44.7 Å². The Balaban J connectivity index is 1.68. The molecule has 5 heteroatoms. The number of rotatable bonds is 7. The summed E-state index contributed by atoms with van der Waals surface area (Å²) in [7, 11) is 0. The molecule has 1 fully saturated rings. The summed E-state index contributed by atoms with van der Waals surface area (Å²) in [5, 5.41) is 12.0. The number of aliphatic hydroxyl groups excluding tert-OH is 1. The highest BCUT2D eigenvalue weighted by Crippen LogP contribution is 2.27. The van der Waals surface area contributed by atoms with E-state index in [0.29, 0.717) is 17.9 Å². The van der Waals surface area contributed by atoms with E-state index in [-0.39, 0.29) is 19.0 Å². The van der Waals surface area contributed by atoms with E-state index in [2.05, 4.69) is 10.2 Å². The standard InChI is InChI=1S/C19H23FN2O2/c20-18-4-3-5-19(22-10-1-2-11-22)17(18)14-21-15-6-8-16(9-7-15)24-13-12-23/h3-9,21,23H,1-2,10-14H2. The zero-order chi connectivity index (χ0) is 16.8. The van der Waals surface area contributed by atoms with Crippen molar-refractivity contribution in [3.05, 3.63) is 53.8 Å². The molecule has 3 rings (SSSR count). The Morgan fingerprint density at radius 1 is 1.08 bits per heavy atom. The molecule has 2 N–H and O–H groups in total. The molecule has 0 saturated carbocycles. The van der Waals surface area contributed by atoms with Crippen molar-refractivity contribution in [3.8, 4) is 5.75 Å². The quantitative estimate of drug-likeness (QED) is 0.817. The molecule has 0 atom stereocenters. The fourth-order valence-corrected chi connectivity index (χ4v) is 3.00. The van der Waals surface area contributed by atoms with E-state index < -0.39 is 0 Å². The van der Waals surface area contributed by atoms with Gasteiger partial charge < -0.3 is 20.1 Å². The number of nitrogens with one attached hydrogen (secondary N) is 1. The fourth-order valence-electron chi connectivity index (χ4n) is 3.00. The van der Waals surface area contributed by atoms with Crippen LogP contribution in [0, 0.1) is 5.82 Å². The molecule has 0 bridgehead atoms. The number of benzene rings is 2. The second kappa shape index (κ2) is 8.02. The number of halogens is 1. The van der Waals surface area contributed by atoms with Crippen molar-refractivity contribution in [3.63, 3.8) is 0 Å². The lowest BCUT2D eigenvalue weighted by Crippen LogP contribution is -2.20. The lowest BCUT2D eigenvalue weighted by Gasteiger charge is -2.22. The summed E-state index contributed by atoms with van der Waals surface area (Å²) in [6, 6.07) is 12.7. The van der Waals surface area contributed by atoms with Gasteiger partial charge in [0.2, 0.25) is 0 Å². The minimum absolute atomic E-state index is 0.00738. The first-order chi connectivity index (χ1) is 11.8. The summed E-state index contributed by atoms with van der Waals surface area (Å²) in [6.45, 7) is 2.70. The Bertz CT molecular complexity index is 655. The molecule has 4 nitrogen and oxygen atoms in total. The van der Waals surface area contributed by atoms with Gasteiger partial charge >= 0.3 is 0 Å². The van der Waals surface area contributed by atoms with Crippen LogP contribution in [-0.4, -0.2) is 31.4 Å². The van der Waals surface area contributed by atoms with Gasteiger partial charge in [-0.05, 0) is 49.2 Å². The number of hydrogen-bond acceptors (Lipinski definition) is 4. The Labute approximate surface area is 141 Å². The average molecular weight is 330 g/mol. The monoisotopic (exact) mass is 330 g/mol. The van der Waals surface area contributed by atoms with Gasteiger partial charge in [-0.25, -0.2) is 4.39 Å². The number of nitrogens with zero attached hydrogens (tertiary/aromatic N) is 1. The molecule has 0 spiro atoms. The van der Waals surface area contributed by atoms with E-state index in [9.17, 15) is 4.39 Å². The summed E-state index contributed by atoms with van der Waals surface area (Å²) in [6.07, 6.45) is 2.33. The van der Waals surface area contributed by atoms with E-state index in [0.717, 1.165) is 24.5 Å². The van der Waals surface area contributed by atoms with Gasteiger partial charge in [-0.15, -0.1) is 0 Å². The summed E-state index contributed by atoms with van der Waals surface area (Å²) in [5.41, 5.74) is 2.60. The van der Waals surface area contributed by atoms with Gasteiger partial charge in [0.15, 0.2) is 0 Å². The second-order valence-electron chi connectivity index (χ2n) is 5.88. The second-order valence-corrected chi connectivity index (χ2v) is 5.88. The number of hydrogen-bond donors (Lipinski definition) is 2. The molecule has 0 unspecified atom stereocenters. The van der Waals surface area contributed by atoms with Crippen LogP contribution in [0.25, 0.3) is 0 Å². The molecule has 1 saturated heterocycles. The Kier molecular flexibility index (Phi) is 5.54. The average Bonchev–Trinajstić information content (AvgIpc) is 3.14. The Morgan fingerprint density at radius 2 is 1.83 bits per heavy atom. The number of aliphatic hydroxyl groups is 1. The van der Waals surface area contributed by atoms with Crippen LogP contribution < -0.4 is 15.0 Å². The van der Waals surface area contributed by atoms with Crippen molar-refractivity contribution < 1.29 is 14.2 Å². The third kappa shape index (κ3) is 3.97. The van der Waals surface area contributed by atoms with E-state index in [1.54, 1.807) is 6.07 Å². The van der Waals surface area contributed by atoms with Crippen molar-refractivity contribution >= 4 is 11.4 Å². The first-order valence-corrected chi connectivity index (χ1v) is 8.38. The van der Waals surface area contributed by atoms with Gasteiger partial charge in [0.1, 0.15) is 18.2 Å². The summed E-state index contributed by atoms with van der Waals surface area (Å²) in [5.74, 6) is 0.535. The molecule has 0 aromatic heterocycles. The van der Waals surface area contributed by atoms with Crippen LogP contribution in [0.1, 0.15) is 18.4 Å². The molecule has 0 aliphatic carbocycles. The SMILES string of the molecule is OCCOc1ccc(NCc2c(F)cccc2N2CCCC2)cc1. The lowest BCUT2D eigenvalue weighted by molar-refractivity contribution is 0.201. The molecule has 1 aliphatic rings. The molecule has 1 aliphatic heterocycles. The third-order valence-corrected chi connectivity index (χ3v) is 4.22. The number of ether oxygens (including phenoxy) is 1. The summed E-state index contributed by atoms with van der Waals surface area (Å²) >= 11 is 0. The van der Waals surface area contributed by atoms with Crippen molar-refractivity contribution in [1.82, 2.24) is 0 Å². The maximum atomic E-state index is 14.3. The van der Waals surface area contributed by atoms with Crippen LogP contribution in [0.15, 0.2) is 42.5 Å². The molecular formula is C19H23FN2O2. The molecular weight excluding hydrogens is 307 g/mol. The smallest absolute Gasteiger partial charge is 0.130 e. The highest BCUT2D eigenvalue weighted by molar-refractivity contribution is 5.57. The molecule has 0 amide bonds. The first-order valence-electron chi connectivity index (χ1n) is 8.38. The molecule has 128 valence electrons. The molecule has 1 heterocycles. The van der Waals surface area contributed by atoms with Crippen LogP contribution >= 0.6 is 0 Å². The van der Waals surface area contributed by atoms with E-state index in [1.165, 1.54) is 18.9 Å². The largest absolute Gasteiger partial charge is 0.491 e. The van der Waals surface area contributed by atoms with E-state index in [1.807, 2.05) is 30.3 Å². The van der Waals surface area contributed by atoms with Gasteiger partial charge in [0, 0.05) is 36.6 Å². The van der Waals surface area contributed by atoms with Crippen molar-refractivity contribution in [1.29, 1.82) is 0 Å². The van der Waals surface area contributed by atoms with Crippen LogP contribution in [0.3, 0.4) is 0 Å². The van der Waals surface area contributed by atoms with Crippen LogP contribution in [0.5, 0.6) is 5.75 Å². The van der Waals surface area contributed by atoms with Gasteiger partial charge in [0.25, 0.3) is 0 Å². The Morgan fingerprint density at radius 3 is 2.54 bits per heavy atom. The number of anilines is 2. The van der Waals surface area contributed by atoms with E-state index >= 15 is 0 Å². The zero-order valence-corrected chi connectivity index (χ0v) is 13.7. The predicted molar refractivity (Wildman–Crippen MR) is 94.2 cm³/mol. The van der Waals surface area contributed by atoms with Gasteiger partial charge in [0.05, 0.1) is 6.61 Å². The first kappa shape index (κ1) is 16.6. The lowest BCUT2D eigenvalue weighted by atomic mass is 10.1. The minimum atomic E-state index is -0.171. The molecule has 2 aromatic carbocycles. The maximum absolute atomic E-state index is 14.3. The van der Waals surface area contributed by atoms with Crippen molar-refractivity contribution in [2.24, 2.45) is 0 Å². The molecule has 2 aromatic rings. The van der Waals surface area contributed by atoms with Gasteiger partial charge in [-0.3, -0.25) is 0 Å². The maximum Gasteiger partial charge on any atom is 0.130 e. The minimum Gasteiger partial charge on any atom is -0.491 e. The third-order valence-electron chi connectivity index (χ3n) is 4.22. The summed E-state index contributed by atoms with van der Waals surface area (Å²) in [4.78, 5) is 2.26. The summed E-state index contributed by atoms with van der Waals surface area (Å²) < 4.78 is 19.6.